The number of hydrogen-bond acceptors (Lipinski definition) is 4. The maximum atomic E-state index is 12.0. The second-order valence-electron chi connectivity index (χ2n) is 5.55. The van der Waals surface area contributed by atoms with Crippen LogP contribution in [0.25, 0.3) is 10.9 Å². The monoisotopic (exact) mass is 358 g/mol. The lowest BCUT2D eigenvalue weighted by Crippen LogP contribution is -2.07. The second kappa shape index (κ2) is 7.36. The van der Waals surface area contributed by atoms with Gasteiger partial charge >= 0.3 is 5.97 Å². The Morgan fingerprint density at radius 1 is 1.24 bits per heavy atom. The van der Waals surface area contributed by atoms with Crippen molar-refractivity contribution in [2.24, 2.45) is 0 Å². The molecule has 0 saturated heterocycles. The minimum atomic E-state index is -0.564. The molecule has 6 nitrogen and oxygen atoms in total. The van der Waals surface area contributed by atoms with E-state index in [-0.39, 0.29) is 17.9 Å². The van der Waals surface area contributed by atoms with Crippen molar-refractivity contribution in [1.82, 2.24) is 4.98 Å². The summed E-state index contributed by atoms with van der Waals surface area (Å²) < 4.78 is 5.20. The molecule has 128 valence electrons. The summed E-state index contributed by atoms with van der Waals surface area (Å²) >= 11 is 6.02. The molecule has 3 rings (SSSR count). The fourth-order valence-corrected chi connectivity index (χ4v) is 2.79. The summed E-state index contributed by atoms with van der Waals surface area (Å²) in [5, 5.41) is 12.5. The molecule has 0 spiro atoms. The van der Waals surface area contributed by atoms with Crippen molar-refractivity contribution in [1.29, 1.82) is 0 Å². The van der Waals surface area contributed by atoms with Gasteiger partial charge in [0, 0.05) is 34.3 Å². The van der Waals surface area contributed by atoms with Crippen LogP contribution in [0.15, 0.2) is 48.7 Å². The number of nitrogens with zero attached hydrogens (tertiary/aromatic N) is 1. The van der Waals surface area contributed by atoms with Gasteiger partial charge in [0.25, 0.3) is 5.69 Å². The average Bonchev–Trinajstić information content (AvgIpc) is 3.00. The Morgan fingerprint density at radius 3 is 2.88 bits per heavy atom. The molecule has 1 N–H and O–H groups in total. The number of H-pyrrole nitrogens is 1. The lowest BCUT2D eigenvalue weighted by Gasteiger charge is -2.05. The topological polar surface area (TPSA) is 85.2 Å². The van der Waals surface area contributed by atoms with Crippen molar-refractivity contribution in [2.75, 3.05) is 6.61 Å². The van der Waals surface area contributed by atoms with Gasteiger partial charge in [0.05, 0.1) is 17.1 Å². The van der Waals surface area contributed by atoms with Gasteiger partial charge in [-0.3, -0.25) is 10.1 Å². The van der Waals surface area contributed by atoms with Gasteiger partial charge in [-0.05, 0) is 42.7 Å². The number of non-ortho nitro benzene ring substituents is 1. The predicted molar refractivity (Wildman–Crippen MR) is 95.0 cm³/mol. The van der Waals surface area contributed by atoms with Crippen LogP contribution in [-0.4, -0.2) is 22.5 Å². The summed E-state index contributed by atoms with van der Waals surface area (Å²) in [5.74, 6) is -0.564. The van der Waals surface area contributed by atoms with Crippen molar-refractivity contribution in [2.45, 2.75) is 12.8 Å². The van der Waals surface area contributed by atoms with Gasteiger partial charge in [0.1, 0.15) is 0 Å². The molecule has 0 atom stereocenters. The number of carbonyl (C=O) groups is 1. The van der Waals surface area contributed by atoms with E-state index < -0.39 is 10.9 Å². The molecule has 0 saturated carbocycles. The van der Waals surface area contributed by atoms with Gasteiger partial charge in [-0.25, -0.2) is 4.79 Å². The molecule has 1 aromatic heterocycles. The number of hydrogen-bond donors (Lipinski definition) is 1. The predicted octanol–water partition coefficient (Wildman–Crippen LogP) is 4.52. The molecule has 0 radical (unpaired) electrons. The first kappa shape index (κ1) is 17.0. The molecule has 0 unspecified atom stereocenters. The third kappa shape index (κ3) is 3.97. The van der Waals surface area contributed by atoms with E-state index in [1.54, 1.807) is 0 Å². The third-order valence-corrected chi connectivity index (χ3v) is 4.08. The minimum absolute atomic E-state index is 0.134. The standard InChI is InChI=1S/C18H15ClN2O4/c19-14-6-7-17-16(10-14)13(11-20-17)4-2-8-25-18(22)12-3-1-5-15(9-12)21(23)24/h1,3,5-7,9-11,20H,2,4,8H2. The Labute approximate surface area is 148 Å². The van der Waals surface area contributed by atoms with Crippen LogP contribution in [0, 0.1) is 10.1 Å². The van der Waals surface area contributed by atoms with Gasteiger partial charge in [-0.2, -0.15) is 0 Å². The normalized spacial score (nSPS) is 10.8. The van der Waals surface area contributed by atoms with E-state index in [0.29, 0.717) is 11.4 Å². The van der Waals surface area contributed by atoms with Gasteiger partial charge in [-0.15, -0.1) is 0 Å². The lowest BCUT2D eigenvalue weighted by atomic mass is 10.1. The lowest BCUT2D eigenvalue weighted by molar-refractivity contribution is -0.384. The maximum Gasteiger partial charge on any atom is 0.338 e. The number of benzene rings is 2. The van der Waals surface area contributed by atoms with E-state index >= 15 is 0 Å². The molecular weight excluding hydrogens is 344 g/mol. The Morgan fingerprint density at radius 2 is 2.08 bits per heavy atom. The van der Waals surface area contributed by atoms with Gasteiger partial charge in [-0.1, -0.05) is 17.7 Å². The SMILES string of the molecule is O=C(OCCCc1c[nH]c2ccc(Cl)cc12)c1cccc([N+](=O)[O-])c1. The van der Waals surface area contributed by atoms with Crippen molar-refractivity contribution < 1.29 is 14.5 Å². The first-order chi connectivity index (χ1) is 12.0. The number of halogens is 1. The van der Waals surface area contributed by atoms with Crippen molar-refractivity contribution in [3.63, 3.8) is 0 Å². The number of ether oxygens (including phenoxy) is 1. The highest BCUT2D eigenvalue weighted by atomic mass is 35.5. The summed E-state index contributed by atoms with van der Waals surface area (Å²) in [4.78, 5) is 25.3. The fourth-order valence-electron chi connectivity index (χ4n) is 2.61. The molecule has 0 aliphatic rings. The highest BCUT2D eigenvalue weighted by Crippen LogP contribution is 2.23. The molecule has 0 aliphatic heterocycles. The van der Waals surface area contributed by atoms with E-state index in [1.807, 2.05) is 24.4 Å². The molecule has 0 fully saturated rings. The Balaban J connectivity index is 1.56. The number of nitro groups is 1. The summed E-state index contributed by atoms with van der Waals surface area (Å²) in [5.41, 5.74) is 2.15. The van der Waals surface area contributed by atoms with E-state index in [9.17, 15) is 14.9 Å². The number of fused-ring (bicyclic) bond motifs is 1. The highest BCUT2D eigenvalue weighted by Gasteiger charge is 2.12. The second-order valence-corrected chi connectivity index (χ2v) is 5.99. The van der Waals surface area contributed by atoms with Crippen LogP contribution in [0.4, 0.5) is 5.69 Å². The fraction of sp³-hybridized carbons (Fsp3) is 0.167. The average molecular weight is 359 g/mol. The first-order valence-corrected chi connectivity index (χ1v) is 8.09. The minimum Gasteiger partial charge on any atom is -0.462 e. The summed E-state index contributed by atoms with van der Waals surface area (Å²) in [6.07, 6.45) is 3.28. The van der Waals surface area contributed by atoms with Crippen molar-refractivity contribution in [3.05, 3.63) is 74.9 Å². The molecule has 2 aromatic carbocycles. The van der Waals surface area contributed by atoms with Crippen molar-refractivity contribution >= 4 is 34.2 Å². The smallest absolute Gasteiger partial charge is 0.338 e. The molecule has 3 aromatic rings. The maximum absolute atomic E-state index is 12.0. The van der Waals surface area contributed by atoms with Crippen molar-refractivity contribution in [3.8, 4) is 0 Å². The number of aromatic nitrogens is 1. The number of nitro benzene ring substituents is 1. The number of esters is 1. The van der Waals surface area contributed by atoms with E-state index in [1.165, 1.54) is 24.3 Å². The zero-order chi connectivity index (χ0) is 17.8. The third-order valence-electron chi connectivity index (χ3n) is 3.85. The van der Waals surface area contributed by atoms with Crippen LogP contribution in [0.5, 0.6) is 0 Å². The molecule has 7 heteroatoms. The molecule has 0 bridgehead atoms. The first-order valence-electron chi connectivity index (χ1n) is 7.71. The van der Waals surface area contributed by atoms with Crippen LogP contribution in [0.1, 0.15) is 22.3 Å². The van der Waals surface area contributed by atoms with Crippen LogP contribution < -0.4 is 0 Å². The summed E-state index contributed by atoms with van der Waals surface area (Å²) in [6.45, 7) is 0.231. The molecular formula is C18H15ClN2O4. The number of nitrogens with one attached hydrogen (secondary N) is 1. The zero-order valence-electron chi connectivity index (χ0n) is 13.2. The van der Waals surface area contributed by atoms with Crippen LogP contribution in [0.2, 0.25) is 5.02 Å². The zero-order valence-corrected chi connectivity index (χ0v) is 14.0. The van der Waals surface area contributed by atoms with Crippen LogP contribution in [-0.2, 0) is 11.2 Å². The Kier molecular flexibility index (Phi) is 5.00. The summed E-state index contributed by atoms with van der Waals surface area (Å²) in [6, 6.07) is 11.1. The van der Waals surface area contributed by atoms with E-state index in [0.717, 1.165) is 22.9 Å². The van der Waals surface area contributed by atoms with E-state index in [4.69, 9.17) is 16.3 Å². The Hall–Kier alpha value is -2.86. The quantitative estimate of drug-likeness (QED) is 0.304. The molecule has 1 heterocycles. The largest absolute Gasteiger partial charge is 0.462 e. The van der Waals surface area contributed by atoms with Crippen LogP contribution >= 0.6 is 11.6 Å². The van der Waals surface area contributed by atoms with Crippen LogP contribution in [0.3, 0.4) is 0 Å². The number of aromatic amines is 1. The number of rotatable bonds is 6. The summed E-state index contributed by atoms with van der Waals surface area (Å²) in [7, 11) is 0. The molecule has 0 amide bonds. The van der Waals surface area contributed by atoms with Gasteiger partial charge in [0.15, 0.2) is 0 Å². The molecule has 25 heavy (non-hydrogen) atoms. The molecule has 0 aliphatic carbocycles. The Bertz CT molecular complexity index is 936. The highest BCUT2D eigenvalue weighted by molar-refractivity contribution is 6.31. The number of carbonyl (C=O) groups excluding carboxylic acids is 1. The van der Waals surface area contributed by atoms with Gasteiger partial charge < -0.3 is 9.72 Å². The van der Waals surface area contributed by atoms with Gasteiger partial charge in [0.2, 0.25) is 0 Å². The van der Waals surface area contributed by atoms with E-state index in [2.05, 4.69) is 4.98 Å². The number of aryl methyl sites for hydroxylation is 1.